The predicted molar refractivity (Wildman–Crippen MR) is 119 cm³/mol. The minimum Gasteiger partial charge on any atom is -0.493 e. The van der Waals surface area contributed by atoms with Gasteiger partial charge in [-0.15, -0.1) is 0 Å². The SMILES string of the molecule is COc1cc(C(C)NC(=O)c2cc(-c3ccco3)nc3onc(C)c23)ccc1OC(C)C. The number of nitrogens with zero attached hydrogens (tertiary/aromatic N) is 2. The van der Waals surface area contributed by atoms with E-state index in [-0.39, 0.29) is 23.8 Å². The number of pyridine rings is 1. The molecule has 166 valence electrons. The first-order chi connectivity index (χ1) is 15.4. The summed E-state index contributed by atoms with van der Waals surface area (Å²) in [5.41, 5.74) is 2.66. The molecule has 4 aromatic rings. The van der Waals surface area contributed by atoms with Crippen molar-refractivity contribution in [3.05, 3.63) is 59.5 Å². The molecule has 0 aliphatic rings. The number of aryl methyl sites for hydroxylation is 1. The molecular weight excluding hydrogens is 410 g/mol. The summed E-state index contributed by atoms with van der Waals surface area (Å²) < 4.78 is 22.0. The number of aromatic nitrogens is 2. The Kier molecular flexibility index (Phi) is 5.85. The molecule has 8 heteroatoms. The molecule has 3 heterocycles. The van der Waals surface area contributed by atoms with Crippen LogP contribution in [-0.2, 0) is 0 Å². The molecule has 0 radical (unpaired) electrons. The molecule has 1 N–H and O–H groups in total. The van der Waals surface area contributed by atoms with Crippen molar-refractivity contribution in [1.82, 2.24) is 15.5 Å². The van der Waals surface area contributed by atoms with Crippen LogP contribution in [-0.4, -0.2) is 29.3 Å². The van der Waals surface area contributed by atoms with Crippen molar-refractivity contribution >= 4 is 17.0 Å². The fraction of sp³-hybridized carbons (Fsp3) is 0.292. The van der Waals surface area contributed by atoms with Crippen LogP contribution in [0, 0.1) is 6.92 Å². The van der Waals surface area contributed by atoms with Gasteiger partial charge in [0, 0.05) is 0 Å². The quantitative estimate of drug-likeness (QED) is 0.432. The average Bonchev–Trinajstić information content (AvgIpc) is 3.43. The Bertz CT molecular complexity index is 1240. The molecule has 1 amide bonds. The zero-order chi connectivity index (χ0) is 22.8. The maximum absolute atomic E-state index is 13.3. The number of ether oxygens (including phenoxy) is 2. The Morgan fingerprint density at radius 3 is 2.62 bits per heavy atom. The number of methoxy groups -OCH3 is 1. The Morgan fingerprint density at radius 1 is 1.12 bits per heavy atom. The molecule has 8 nitrogen and oxygen atoms in total. The number of rotatable bonds is 7. The summed E-state index contributed by atoms with van der Waals surface area (Å²) in [5.74, 6) is 1.53. The monoisotopic (exact) mass is 435 g/mol. The van der Waals surface area contributed by atoms with E-state index in [9.17, 15) is 4.79 Å². The van der Waals surface area contributed by atoms with Gasteiger partial charge in [0.15, 0.2) is 17.3 Å². The second-order valence-corrected chi connectivity index (χ2v) is 7.75. The van der Waals surface area contributed by atoms with Crippen LogP contribution in [0.15, 0.2) is 51.6 Å². The Morgan fingerprint density at radius 2 is 1.94 bits per heavy atom. The van der Waals surface area contributed by atoms with E-state index in [1.165, 1.54) is 0 Å². The number of furan rings is 1. The first-order valence-corrected chi connectivity index (χ1v) is 10.3. The van der Waals surface area contributed by atoms with Crippen LogP contribution in [0.1, 0.15) is 48.4 Å². The van der Waals surface area contributed by atoms with E-state index in [2.05, 4.69) is 15.5 Å². The van der Waals surface area contributed by atoms with Gasteiger partial charge in [0.1, 0.15) is 5.69 Å². The van der Waals surface area contributed by atoms with Crippen LogP contribution in [0.25, 0.3) is 22.6 Å². The largest absolute Gasteiger partial charge is 0.493 e. The molecule has 1 atom stereocenters. The lowest BCUT2D eigenvalue weighted by molar-refractivity contribution is 0.0941. The first kappa shape index (κ1) is 21.4. The third-order valence-electron chi connectivity index (χ3n) is 5.03. The molecule has 1 unspecified atom stereocenters. The lowest BCUT2D eigenvalue weighted by atomic mass is 10.0. The zero-order valence-electron chi connectivity index (χ0n) is 18.6. The van der Waals surface area contributed by atoms with Crippen molar-refractivity contribution in [3.8, 4) is 23.0 Å². The van der Waals surface area contributed by atoms with Crippen LogP contribution in [0.2, 0.25) is 0 Å². The Labute approximate surface area is 185 Å². The van der Waals surface area contributed by atoms with E-state index in [1.807, 2.05) is 39.0 Å². The molecule has 3 aromatic heterocycles. The maximum atomic E-state index is 13.3. The van der Waals surface area contributed by atoms with Crippen molar-refractivity contribution in [2.45, 2.75) is 39.8 Å². The van der Waals surface area contributed by atoms with Crippen LogP contribution >= 0.6 is 0 Å². The van der Waals surface area contributed by atoms with Gasteiger partial charge in [-0.1, -0.05) is 11.2 Å². The van der Waals surface area contributed by atoms with Gasteiger partial charge in [0.05, 0.1) is 42.2 Å². The molecule has 0 aliphatic heterocycles. The fourth-order valence-electron chi connectivity index (χ4n) is 3.49. The van der Waals surface area contributed by atoms with Crippen molar-refractivity contribution in [3.63, 3.8) is 0 Å². The van der Waals surface area contributed by atoms with Gasteiger partial charge in [-0.25, -0.2) is 4.98 Å². The van der Waals surface area contributed by atoms with E-state index in [1.54, 1.807) is 38.5 Å². The normalized spacial score (nSPS) is 12.2. The van der Waals surface area contributed by atoms with Crippen molar-refractivity contribution < 1.29 is 23.2 Å². The molecule has 4 rings (SSSR count). The van der Waals surface area contributed by atoms with Gasteiger partial charge in [-0.05, 0) is 63.6 Å². The standard InChI is InChI=1S/C24H25N3O5/c1-13(2)31-20-9-8-16(11-21(20)29-5)14(3)25-23(28)17-12-18(19-7-6-10-30-19)26-24-22(17)15(4)27-32-24/h6-14H,1-5H3,(H,25,28). The summed E-state index contributed by atoms with van der Waals surface area (Å²) in [4.78, 5) is 17.7. The predicted octanol–water partition coefficient (Wildman–Crippen LogP) is 5.08. The summed E-state index contributed by atoms with van der Waals surface area (Å²) in [5, 5.41) is 7.59. The molecule has 0 bridgehead atoms. The second-order valence-electron chi connectivity index (χ2n) is 7.75. The number of hydrogen-bond donors (Lipinski definition) is 1. The van der Waals surface area contributed by atoms with Crippen molar-refractivity contribution in [2.75, 3.05) is 7.11 Å². The molecular formula is C24H25N3O5. The third kappa shape index (κ3) is 4.16. The van der Waals surface area contributed by atoms with E-state index in [0.29, 0.717) is 39.6 Å². The number of fused-ring (bicyclic) bond motifs is 1. The van der Waals surface area contributed by atoms with E-state index >= 15 is 0 Å². The highest BCUT2D eigenvalue weighted by Crippen LogP contribution is 2.32. The van der Waals surface area contributed by atoms with E-state index in [4.69, 9.17) is 18.4 Å². The summed E-state index contributed by atoms with van der Waals surface area (Å²) in [6, 6.07) is 10.5. The molecule has 1 aromatic carbocycles. The van der Waals surface area contributed by atoms with Crippen LogP contribution in [0.4, 0.5) is 0 Å². The smallest absolute Gasteiger partial charge is 0.259 e. The molecule has 0 saturated carbocycles. The topological polar surface area (TPSA) is 99.6 Å². The third-order valence-corrected chi connectivity index (χ3v) is 5.03. The molecule has 0 fully saturated rings. The van der Waals surface area contributed by atoms with Crippen LogP contribution < -0.4 is 14.8 Å². The number of amides is 1. The second kappa shape index (κ2) is 8.74. The molecule has 0 saturated heterocycles. The summed E-state index contributed by atoms with van der Waals surface area (Å²) in [6.07, 6.45) is 1.57. The van der Waals surface area contributed by atoms with Gasteiger partial charge in [-0.2, -0.15) is 0 Å². The van der Waals surface area contributed by atoms with E-state index < -0.39 is 0 Å². The zero-order valence-corrected chi connectivity index (χ0v) is 18.6. The number of benzene rings is 1. The van der Waals surface area contributed by atoms with Gasteiger partial charge in [-0.3, -0.25) is 4.79 Å². The van der Waals surface area contributed by atoms with Crippen LogP contribution in [0.5, 0.6) is 11.5 Å². The summed E-state index contributed by atoms with van der Waals surface area (Å²) >= 11 is 0. The molecule has 0 aliphatic carbocycles. The highest BCUT2D eigenvalue weighted by atomic mass is 16.5. The van der Waals surface area contributed by atoms with Crippen molar-refractivity contribution in [2.24, 2.45) is 0 Å². The Balaban J connectivity index is 1.64. The number of hydrogen-bond acceptors (Lipinski definition) is 7. The van der Waals surface area contributed by atoms with E-state index in [0.717, 1.165) is 5.56 Å². The highest BCUT2D eigenvalue weighted by Gasteiger charge is 2.22. The number of nitrogens with one attached hydrogen (secondary N) is 1. The van der Waals surface area contributed by atoms with Gasteiger partial charge in [0.2, 0.25) is 0 Å². The van der Waals surface area contributed by atoms with Gasteiger partial charge < -0.3 is 23.7 Å². The fourth-order valence-corrected chi connectivity index (χ4v) is 3.49. The minimum absolute atomic E-state index is 0.0242. The van der Waals surface area contributed by atoms with Gasteiger partial charge in [0.25, 0.3) is 11.6 Å². The summed E-state index contributed by atoms with van der Waals surface area (Å²) in [6.45, 7) is 7.59. The molecule has 32 heavy (non-hydrogen) atoms. The van der Waals surface area contributed by atoms with Crippen LogP contribution in [0.3, 0.4) is 0 Å². The lowest BCUT2D eigenvalue weighted by Gasteiger charge is -2.18. The summed E-state index contributed by atoms with van der Waals surface area (Å²) in [7, 11) is 1.59. The minimum atomic E-state index is -0.292. The molecule has 0 spiro atoms. The highest BCUT2D eigenvalue weighted by molar-refractivity contribution is 6.07. The number of carbonyl (C=O) groups is 1. The van der Waals surface area contributed by atoms with Gasteiger partial charge >= 0.3 is 0 Å². The number of carbonyl (C=O) groups excluding carboxylic acids is 1. The lowest BCUT2D eigenvalue weighted by Crippen LogP contribution is -2.27. The average molecular weight is 435 g/mol. The van der Waals surface area contributed by atoms with Crippen molar-refractivity contribution in [1.29, 1.82) is 0 Å². The maximum Gasteiger partial charge on any atom is 0.259 e. The first-order valence-electron chi connectivity index (χ1n) is 10.3. The Hall–Kier alpha value is -3.81.